The van der Waals surface area contributed by atoms with Gasteiger partial charge >= 0.3 is 0 Å². The Kier molecular flexibility index (Phi) is 2.35. The summed E-state index contributed by atoms with van der Waals surface area (Å²) in [6.45, 7) is 2.04. The van der Waals surface area contributed by atoms with Crippen LogP contribution in [0.5, 0.6) is 0 Å². The first-order valence-corrected chi connectivity index (χ1v) is 5.96. The van der Waals surface area contributed by atoms with Gasteiger partial charge in [-0.1, -0.05) is 6.07 Å². The first-order valence-electron chi connectivity index (χ1n) is 5.96. The molecule has 1 aliphatic rings. The lowest BCUT2D eigenvalue weighted by Gasteiger charge is -2.06. The van der Waals surface area contributed by atoms with Crippen LogP contribution in [0.1, 0.15) is 24.8 Å². The number of nitrogens with one attached hydrogen (secondary N) is 2. The monoisotopic (exact) mass is 229 g/mol. The van der Waals surface area contributed by atoms with Crippen LogP contribution in [-0.4, -0.2) is 16.1 Å². The quantitative estimate of drug-likeness (QED) is 0.850. The van der Waals surface area contributed by atoms with E-state index in [1.807, 2.05) is 19.1 Å². The zero-order chi connectivity index (χ0) is 11.8. The fraction of sp³-hybridized carbons (Fsp3) is 0.385. The first kappa shape index (κ1) is 10.3. The third kappa shape index (κ3) is 2.02. The Bertz CT molecular complexity index is 569. The van der Waals surface area contributed by atoms with Gasteiger partial charge in [0.2, 0.25) is 5.91 Å². The van der Waals surface area contributed by atoms with Crippen molar-refractivity contribution >= 4 is 22.5 Å². The second-order valence-corrected chi connectivity index (χ2v) is 4.78. The highest BCUT2D eigenvalue weighted by Gasteiger charge is 2.24. The smallest absolute Gasteiger partial charge is 0.224 e. The maximum absolute atomic E-state index is 11.8. The van der Waals surface area contributed by atoms with Gasteiger partial charge in [-0.05, 0) is 37.3 Å². The number of carbonyl (C=O) groups excluding carboxylic acids is 1. The van der Waals surface area contributed by atoms with Gasteiger partial charge in [0.05, 0.1) is 17.4 Å². The number of benzene rings is 1. The molecule has 4 nitrogen and oxygen atoms in total. The number of rotatable bonds is 3. The maximum atomic E-state index is 11.8. The summed E-state index contributed by atoms with van der Waals surface area (Å²) in [6, 6.07) is 3.94. The van der Waals surface area contributed by atoms with E-state index in [0.29, 0.717) is 12.3 Å². The third-order valence-electron chi connectivity index (χ3n) is 3.28. The number of anilines is 1. The standard InChI is InChI=1S/C13H15N3O/c1-8-2-5-11(13-10(8)7-14-16-13)15-12(17)6-9-3-4-9/h2,5,7,9H,3-4,6H2,1H3,(H,14,16)(H,15,17). The minimum atomic E-state index is 0.104. The molecular formula is C13H15N3O. The molecule has 2 N–H and O–H groups in total. The van der Waals surface area contributed by atoms with Crippen molar-refractivity contribution in [3.8, 4) is 0 Å². The Hall–Kier alpha value is -1.84. The summed E-state index contributed by atoms with van der Waals surface area (Å²) < 4.78 is 0. The van der Waals surface area contributed by atoms with Crippen molar-refractivity contribution in [1.82, 2.24) is 10.2 Å². The highest BCUT2D eigenvalue weighted by Crippen LogP contribution is 2.33. The van der Waals surface area contributed by atoms with Gasteiger partial charge in [0.25, 0.3) is 0 Å². The van der Waals surface area contributed by atoms with E-state index < -0.39 is 0 Å². The number of H-pyrrole nitrogens is 1. The third-order valence-corrected chi connectivity index (χ3v) is 3.28. The molecular weight excluding hydrogens is 214 g/mol. The van der Waals surface area contributed by atoms with Crippen LogP contribution in [-0.2, 0) is 4.79 Å². The minimum Gasteiger partial charge on any atom is -0.324 e. The van der Waals surface area contributed by atoms with E-state index in [0.717, 1.165) is 22.2 Å². The van der Waals surface area contributed by atoms with E-state index in [1.54, 1.807) is 6.20 Å². The lowest BCUT2D eigenvalue weighted by molar-refractivity contribution is -0.116. The molecule has 1 aliphatic carbocycles. The predicted molar refractivity (Wildman–Crippen MR) is 66.8 cm³/mol. The summed E-state index contributed by atoms with van der Waals surface area (Å²) in [6.07, 6.45) is 4.83. The largest absolute Gasteiger partial charge is 0.324 e. The van der Waals surface area contributed by atoms with Gasteiger partial charge in [-0.15, -0.1) is 0 Å². The number of aryl methyl sites for hydroxylation is 1. The molecule has 1 saturated carbocycles. The van der Waals surface area contributed by atoms with Crippen LogP contribution >= 0.6 is 0 Å². The second kappa shape index (κ2) is 3.87. The van der Waals surface area contributed by atoms with Crippen LogP contribution in [0.25, 0.3) is 10.9 Å². The fourth-order valence-corrected chi connectivity index (χ4v) is 2.06. The van der Waals surface area contributed by atoms with Gasteiger partial charge in [-0.2, -0.15) is 5.10 Å². The molecule has 0 aliphatic heterocycles. The molecule has 1 aromatic carbocycles. The summed E-state index contributed by atoms with van der Waals surface area (Å²) in [5, 5.41) is 11.0. The molecule has 0 atom stereocenters. The molecule has 0 bridgehead atoms. The lowest BCUT2D eigenvalue weighted by Crippen LogP contribution is -2.12. The van der Waals surface area contributed by atoms with E-state index in [1.165, 1.54) is 12.8 Å². The number of carbonyl (C=O) groups is 1. The van der Waals surface area contributed by atoms with Crippen LogP contribution in [0.2, 0.25) is 0 Å². The first-order chi connectivity index (χ1) is 8.24. The van der Waals surface area contributed by atoms with Crippen molar-refractivity contribution < 1.29 is 4.79 Å². The molecule has 1 aromatic heterocycles. The molecule has 0 saturated heterocycles. The Morgan fingerprint density at radius 3 is 3.12 bits per heavy atom. The molecule has 0 unspecified atom stereocenters. The van der Waals surface area contributed by atoms with Crippen molar-refractivity contribution in [2.75, 3.05) is 5.32 Å². The number of nitrogens with zero attached hydrogens (tertiary/aromatic N) is 1. The van der Waals surface area contributed by atoms with Gasteiger partial charge in [0.15, 0.2) is 0 Å². The summed E-state index contributed by atoms with van der Waals surface area (Å²) in [4.78, 5) is 11.8. The fourth-order valence-electron chi connectivity index (χ4n) is 2.06. The topological polar surface area (TPSA) is 57.8 Å². The van der Waals surface area contributed by atoms with Gasteiger partial charge in [-0.3, -0.25) is 9.89 Å². The van der Waals surface area contributed by atoms with Crippen LogP contribution in [0.3, 0.4) is 0 Å². The van der Waals surface area contributed by atoms with Gasteiger partial charge in [0.1, 0.15) is 0 Å². The Labute approximate surface area is 99.4 Å². The molecule has 3 rings (SSSR count). The van der Waals surface area contributed by atoms with Gasteiger partial charge < -0.3 is 5.32 Å². The summed E-state index contributed by atoms with van der Waals surface area (Å²) in [5.41, 5.74) is 2.90. The number of aromatic amines is 1. The molecule has 0 radical (unpaired) electrons. The molecule has 4 heteroatoms. The normalized spacial score (nSPS) is 15.1. The molecule has 1 heterocycles. The predicted octanol–water partition coefficient (Wildman–Crippen LogP) is 2.61. The van der Waals surface area contributed by atoms with Gasteiger partial charge in [0, 0.05) is 11.8 Å². The molecule has 17 heavy (non-hydrogen) atoms. The SMILES string of the molecule is Cc1ccc(NC(=O)CC2CC2)c2[nH]ncc12. The van der Waals surface area contributed by atoms with Crippen molar-refractivity contribution in [1.29, 1.82) is 0 Å². The Morgan fingerprint density at radius 1 is 1.53 bits per heavy atom. The zero-order valence-corrected chi connectivity index (χ0v) is 9.79. The summed E-state index contributed by atoms with van der Waals surface area (Å²) >= 11 is 0. The lowest BCUT2D eigenvalue weighted by atomic mass is 10.1. The summed E-state index contributed by atoms with van der Waals surface area (Å²) in [7, 11) is 0. The highest BCUT2D eigenvalue weighted by molar-refractivity contribution is 6.01. The van der Waals surface area contributed by atoms with Crippen molar-refractivity contribution in [2.24, 2.45) is 5.92 Å². The van der Waals surface area contributed by atoms with Crippen LogP contribution in [0, 0.1) is 12.8 Å². The van der Waals surface area contributed by atoms with E-state index in [2.05, 4.69) is 15.5 Å². The molecule has 2 aromatic rings. The molecule has 88 valence electrons. The van der Waals surface area contributed by atoms with Crippen molar-refractivity contribution in [3.05, 3.63) is 23.9 Å². The van der Waals surface area contributed by atoms with Crippen LogP contribution in [0.15, 0.2) is 18.3 Å². The maximum Gasteiger partial charge on any atom is 0.224 e. The minimum absolute atomic E-state index is 0.104. The van der Waals surface area contributed by atoms with E-state index in [9.17, 15) is 4.79 Å². The molecule has 0 spiro atoms. The Balaban J connectivity index is 1.86. The average Bonchev–Trinajstić information content (AvgIpc) is 2.96. The number of hydrogen-bond acceptors (Lipinski definition) is 2. The zero-order valence-electron chi connectivity index (χ0n) is 9.79. The van der Waals surface area contributed by atoms with E-state index in [4.69, 9.17) is 0 Å². The van der Waals surface area contributed by atoms with Crippen LogP contribution < -0.4 is 5.32 Å². The molecule has 1 amide bonds. The summed E-state index contributed by atoms with van der Waals surface area (Å²) in [5.74, 6) is 0.713. The van der Waals surface area contributed by atoms with Gasteiger partial charge in [-0.25, -0.2) is 0 Å². The number of aromatic nitrogens is 2. The van der Waals surface area contributed by atoms with Crippen molar-refractivity contribution in [3.63, 3.8) is 0 Å². The Morgan fingerprint density at radius 2 is 2.35 bits per heavy atom. The van der Waals surface area contributed by atoms with Crippen molar-refractivity contribution in [2.45, 2.75) is 26.2 Å². The highest BCUT2D eigenvalue weighted by atomic mass is 16.1. The molecule has 1 fully saturated rings. The van der Waals surface area contributed by atoms with Crippen LogP contribution in [0.4, 0.5) is 5.69 Å². The number of fused-ring (bicyclic) bond motifs is 1. The second-order valence-electron chi connectivity index (χ2n) is 4.78. The van der Waals surface area contributed by atoms with E-state index in [-0.39, 0.29) is 5.91 Å². The average molecular weight is 229 g/mol. The van der Waals surface area contributed by atoms with E-state index >= 15 is 0 Å². The number of hydrogen-bond donors (Lipinski definition) is 2. The number of amides is 1.